The maximum absolute atomic E-state index is 12.5. The number of nitrogens with zero attached hydrogens (tertiary/aromatic N) is 2. The number of nitrogens with one attached hydrogen (secondary N) is 1. The van der Waals surface area contributed by atoms with Crippen LogP contribution in [-0.4, -0.2) is 40.1 Å². The Morgan fingerprint density at radius 3 is 2.21 bits per heavy atom. The minimum absolute atomic E-state index is 0.0243. The lowest BCUT2D eigenvalue weighted by Gasteiger charge is -2.18. The number of halogens is 1. The van der Waals surface area contributed by atoms with Gasteiger partial charge in [0.05, 0.1) is 12.6 Å². The molecule has 1 atom stereocenters. The van der Waals surface area contributed by atoms with E-state index in [9.17, 15) is 19.2 Å². The standard InChI is InChI=1S/C20H18ClN3O4/c1-13(15-7-9-16(21)10-8-15)22-17(25)12-24-19(27)18(26)23(20(24)28)11-14-5-3-2-4-6-14/h2-10,13H,11-12H2,1H3,(H,22,25)/t13-/m0/s1. The van der Waals surface area contributed by atoms with E-state index in [-0.39, 0.29) is 12.6 Å². The normalized spacial score (nSPS) is 15.1. The van der Waals surface area contributed by atoms with E-state index in [4.69, 9.17) is 11.6 Å². The first kappa shape index (κ1) is 19.6. The van der Waals surface area contributed by atoms with Gasteiger partial charge in [-0.3, -0.25) is 19.3 Å². The molecule has 0 unspecified atom stereocenters. The fraction of sp³-hybridized carbons (Fsp3) is 0.200. The van der Waals surface area contributed by atoms with Gasteiger partial charge in [0.15, 0.2) is 0 Å². The van der Waals surface area contributed by atoms with Crippen molar-refractivity contribution in [2.45, 2.75) is 19.5 Å². The molecule has 1 aliphatic rings. The van der Waals surface area contributed by atoms with Gasteiger partial charge in [0.2, 0.25) is 5.91 Å². The highest BCUT2D eigenvalue weighted by Crippen LogP contribution is 2.18. The van der Waals surface area contributed by atoms with Crippen molar-refractivity contribution in [3.63, 3.8) is 0 Å². The second-order valence-electron chi connectivity index (χ2n) is 6.39. The van der Waals surface area contributed by atoms with Crippen molar-refractivity contribution >= 4 is 35.4 Å². The largest absolute Gasteiger partial charge is 0.348 e. The molecule has 0 spiro atoms. The van der Waals surface area contributed by atoms with Gasteiger partial charge in [0.1, 0.15) is 6.54 Å². The molecule has 0 saturated carbocycles. The Bertz CT molecular complexity index is 915. The molecule has 144 valence electrons. The van der Waals surface area contributed by atoms with Crippen LogP contribution in [0, 0.1) is 0 Å². The Kier molecular flexibility index (Phi) is 5.75. The van der Waals surface area contributed by atoms with E-state index < -0.39 is 30.3 Å². The second-order valence-corrected chi connectivity index (χ2v) is 6.83. The zero-order chi connectivity index (χ0) is 20.3. The van der Waals surface area contributed by atoms with E-state index in [0.29, 0.717) is 15.5 Å². The van der Waals surface area contributed by atoms with Crippen LogP contribution in [0.3, 0.4) is 0 Å². The van der Waals surface area contributed by atoms with Crippen LogP contribution < -0.4 is 5.32 Å². The van der Waals surface area contributed by atoms with Crippen LogP contribution in [0.15, 0.2) is 54.6 Å². The van der Waals surface area contributed by atoms with Crippen molar-refractivity contribution < 1.29 is 19.2 Å². The topological polar surface area (TPSA) is 86.8 Å². The van der Waals surface area contributed by atoms with Gasteiger partial charge >= 0.3 is 17.8 Å². The lowest BCUT2D eigenvalue weighted by molar-refractivity contribution is -0.144. The van der Waals surface area contributed by atoms with E-state index in [2.05, 4.69) is 5.32 Å². The van der Waals surface area contributed by atoms with Gasteiger partial charge in [0.25, 0.3) is 0 Å². The summed E-state index contributed by atoms with van der Waals surface area (Å²) < 4.78 is 0. The Labute approximate surface area is 166 Å². The summed E-state index contributed by atoms with van der Waals surface area (Å²) in [4.78, 5) is 50.6. The van der Waals surface area contributed by atoms with Crippen LogP contribution in [0.2, 0.25) is 5.02 Å². The van der Waals surface area contributed by atoms with Crippen LogP contribution in [0.5, 0.6) is 0 Å². The molecule has 1 N–H and O–H groups in total. The molecule has 1 fully saturated rings. The van der Waals surface area contributed by atoms with Crippen LogP contribution in [0.4, 0.5) is 4.79 Å². The highest BCUT2D eigenvalue weighted by molar-refractivity contribution is 6.44. The molecular weight excluding hydrogens is 382 g/mol. The third-order valence-corrected chi connectivity index (χ3v) is 4.62. The van der Waals surface area contributed by atoms with Gasteiger partial charge < -0.3 is 5.32 Å². The Morgan fingerprint density at radius 1 is 0.964 bits per heavy atom. The molecule has 0 aliphatic carbocycles. The minimum Gasteiger partial charge on any atom is -0.348 e. The van der Waals surface area contributed by atoms with Gasteiger partial charge in [-0.05, 0) is 30.2 Å². The third-order valence-electron chi connectivity index (χ3n) is 4.37. The number of rotatable bonds is 6. The fourth-order valence-corrected chi connectivity index (χ4v) is 2.99. The maximum Gasteiger partial charge on any atom is 0.335 e. The first-order valence-electron chi connectivity index (χ1n) is 8.63. The summed E-state index contributed by atoms with van der Waals surface area (Å²) in [7, 11) is 0. The predicted octanol–water partition coefficient (Wildman–Crippen LogP) is 2.51. The molecule has 8 heteroatoms. The monoisotopic (exact) mass is 399 g/mol. The van der Waals surface area contributed by atoms with Gasteiger partial charge in [-0.2, -0.15) is 0 Å². The molecule has 2 aromatic carbocycles. The summed E-state index contributed by atoms with van der Waals surface area (Å²) >= 11 is 5.85. The Hall–Kier alpha value is -3.19. The molecule has 0 bridgehead atoms. The average molecular weight is 400 g/mol. The maximum atomic E-state index is 12.5. The molecule has 5 amide bonds. The summed E-state index contributed by atoms with van der Waals surface area (Å²) in [5.41, 5.74) is 1.53. The predicted molar refractivity (Wildman–Crippen MR) is 102 cm³/mol. The Balaban J connectivity index is 1.63. The molecule has 1 aliphatic heterocycles. The van der Waals surface area contributed by atoms with Crippen LogP contribution in [0.1, 0.15) is 24.1 Å². The zero-order valence-electron chi connectivity index (χ0n) is 15.1. The van der Waals surface area contributed by atoms with Crippen molar-refractivity contribution in [2.75, 3.05) is 6.54 Å². The fourth-order valence-electron chi connectivity index (χ4n) is 2.86. The zero-order valence-corrected chi connectivity index (χ0v) is 15.8. The van der Waals surface area contributed by atoms with Crippen LogP contribution in [-0.2, 0) is 20.9 Å². The molecular formula is C20H18ClN3O4. The van der Waals surface area contributed by atoms with Crippen molar-refractivity contribution in [3.05, 3.63) is 70.7 Å². The molecule has 1 saturated heterocycles. The Morgan fingerprint density at radius 2 is 1.57 bits per heavy atom. The van der Waals surface area contributed by atoms with Crippen LogP contribution >= 0.6 is 11.6 Å². The van der Waals surface area contributed by atoms with E-state index in [0.717, 1.165) is 10.5 Å². The first-order chi connectivity index (χ1) is 13.4. The number of hydrogen-bond donors (Lipinski definition) is 1. The number of imide groups is 2. The lowest BCUT2D eigenvalue weighted by atomic mass is 10.1. The highest BCUT2D eigenvalue weighted by atomic mass is 35.5. The summed E-state index contributed by atoms with van der Waals surface area (Å²) in [6, 6.07) is 14.6. The number of carbonyl (C=O) groups excluding carboxylic acids is 4. The minimum atomic E-state index is -1.00. The SMILES string of the molecule is C[C@H](NC(=O)CN1C(=O)C(=O)N(Cc2ccccc2)C1=O)c1ccc(Cl)cc1. The van der Waals surface area contributed by atoms with E-state index in [1.807, 2.05) is 0 Å². The quantitative estimate of drug-likeness (QED) is 0.597. The number of benzene rings is 2. The van der Waals surface area contributed by atoms with Gasteiger partial charge in [-0.25, -0.2) is 9.69 Å². The van der Waals surface area contributed by atoms with Gasteiger partial charge in [0, 0.05) is 5.02 Å². The molecule has 2 aromatic rings. The number of hydrogen-bond acceptors (Lipinski definition) is 4. The number of carbonyl (C=O) groups is 4. The van der Waals surface area contributed by atoms with Gasteiger partial charge in [-0.1, -0.05) is 54.1 Å². The summed E-state index contributed by atoms with van der Waals surface area (Å²) in [6.07, 6.45) is 0. The van der Waals surface area contributed by atoms with E-state index in [1.54, 1.807) is 61.5 Å². The average Bonchev–Trinajstić information content (AvgIpc) is 2.87. The van der Waals surface area contributed by atoms with Crippen molar-refractivity contribution in [2.24, 2.45) is 0 Å². The molecule has 0 radical (unpaired) electrons. The molecule has 0 aromatic heterocycles. The summed E-state index contributed by atoms with van der Waals surface area (Å²) in [5, 5.41) is 3.28. The van der Waals surface area contributed by atoms with Crippen molar-refractivity contribution in [3.8, 4) is 0 Å². The summed E-state index contributed by atoms with van der Waals surface area (Å²) in [6.45, 7) is 1.22. The van der Waals surface area contributed by atoms with Crippen LogP contribution in [0.25, 0.3) is 0 Å². The molecule has 7 nitrogen and oxygen atoms in total. The smallest absolute Gasteiger partial charge is 0.335 e. The van der Waals surface area contributed by atoms with Crippen molar-refractivity contribution in [1.82, 2.24) is 15.1 Å². The van der Waals surface area contributed by atoms with Crippen molar-refractivity contribution in [1.29, 1.82) is 0 Å². The summed E-state index contributed by atoms with van der Waals surface area (Å²) in [5.74, 6) is -2.49. The van der Waals surface area contributed by atoms with Gasteiger partial charge in [-0.15, -0.1) is 0 Å². The molecule has 28 heavy (non-hydrogen) atoms. The first-order valence-corrected chi connectivity index (χ1v) is 9.00. The van der Waals surface area contributed by atoms with E-state index in [1.165, 1.54) is 0 Å². The van der Waals surface area contributed by atoms with E-state index >= 15 is 0 Å². The highest BCUT2D eigenvalue weighted by Gasteiger charge is 2.45. The third kappa shape index (κ3) is 4.20. The second kappa shape index (κ2) is 8.22. The number of amides is 5. The molecule has 3 rings (SSSR count). The molecule has 1 heterocycles. The number of urea groups is 1. The lowest BCUT2D eigenvalue weighted by Crippen LogP contribution is -2.42.